The van der Waals surface area contributed by atoms with Gasteiger partial charge < -0.3 is 10.5 Å². The Morgan fingerprint density at radius 3 is 2.58 bits per heavy atom. The summed E-state index contributed by atoms with van der Waals surface area (Å²) < 4.78 is 5.76. The molecular weight excluding hydrogens is 236 g/mol. The molecule has 1 fully saturated rings. The minimum atomic E-state index is 0.453. The highest BCUT2D eigenvalue weighted by Gasteiger charge is 2.22. The molecule has 2 unspecified atom stereocenters. The van der Waals surface area contributed by atoms with Gasteiger partial charge in [0.1, 0.15) is 0 Å². The van der Waals surface area contributed by atoms with E-state index < -0.39 is 0 Å². The Morgan fingerprint density at radius 2 is 2.00 bits per heavy atom. The van der Waals surface area contributed by atoms with Gasteiger partial charge in [-0.2, -0.15) is 0 Å². The van der Waals surface area contributed by atoms with Crippen LogP contribution in [0.1, 0.15) is 65.2 Å². The van der Waals surface area contributed by atoms with Crippen LogP contribution in [0.25, 0.3) is 0 Å². The third-order valence-electron chi connectivity index (χ3n) is 4.30. The van der Waals surface area contributed by atoms with E-state index in [4.69, 9.17) is 10.5 Å². The van der Waals surface area contributed by atoms with Crippen LogP contribution >= 0.6 is 0 Å². The minimum Gasteiger partial charge on any atom is -0.377 e. The van der Waals surface area contributed by atoms with Gasteiger partial charge in [-0.1, -0.05) is 46.0 Å². The molecule has 0 aromatic carbocycles. The number of nitrogens with zero attached hydrogens (tertiary/aromatic N) is 1. The van der Waals surface area contributed by atoms with Gasteiger partial charge in [-0.3, -0.25) is 4.90 Å². The van der Waals surface area contributed by atoms with Gasteiger partial charge in [-0.15, -0.1) is 0 Å². The largest absolute Gasteiger partial charge is 0.377 e. The van der Waals surface area contributed by atoms with Crippen molar-refractivity contribution in [1.82, 2.24) is 4.90 Å². The van der Waals surface area contributed by atoms with Crippen LogP contribution in [0, 0.1) is 0 Å². The molecule has 3 heteroatoms. The molecule has 0 aromatic rings. The fourth-order valence-corrected chi connectivity index (χ4v) is 3.02. The normalized spacial score (nSPS) is 21.2. The molecule has 1 aliphatic rings. The van der Waals surface area contributed by atoms with Crippen molar-refractivity contribution in [2.45, 2.75) is 77.4 Å². The number of nitrogens with two attached hydrogens (primary N) is 1. The predicted molar refractivity (Wildman–Crippen MR) is 82.4 cm³/mol. The molecule has 1 heterocycles. The predicted octanol–water partition coefficient (Wildman–Crippen LogP) is 3.18. The molecule has 0 radical (unpaired) electrons. The fourth-order valence-electron chi connectivity index (χ4n) is 3.02. The Morgan fingerprint density at radius 1 is 1.21 bits per heavy atom. The number of unbranched alkanes of at least 4 members (excludes halogenated alkanes) is 4. The van der Waals surface area contributed by atoms with Gasteiger partial charge in [-0.05, 0) is 25.8 Å². The Balaban J connectivity index is 2.24. The van der Waals surface area contributed by atoms with Crippen molar-refractivity contribution >= 4 is 0 Å². The maximum absolute atomic E-state index is 5.98. The van der Waals surface area contributed by atoms with E-state index in [1.807, 2.05) is 0 Å². The fraction of sp³-hybridized carbons (Fsp3) is 1.00. The second kappa shape index (κ2) is 10.6. The zero-order chi connectivity index (χ0) is 13.9. The molecule has 0 amide bonds. The van der Waals surface area contributed by atoms with E-state index in [0.29, 0.717) is 12.1 Å². The minimum absolute atomic E-state index is 0.453. The summed E-state index contributed by atoms with van der Waals surface area (Å²) in [5.41, 5.74) is 5.98. The van der Waals surface area contributed by atoms with E-state index in [0.717, 1.165) is 26.2 Å². The molecule has 1 rings (SSSR count). The third kappa shape index (κ3) is 6.73. The van der Waals surface area contributed by atoms with Gasteiger partial charge in [0, 0.05) is 25.7 Å². The number of ether oxygens (including phenoxy) is 1. The van der Waals surface area contributed by atoms with E-state index >= 15 is 0 Å². The zero-order valence-corrected chi connectivity index (χ0v) is 13.1. The van der Waals surface area contributed by atoms with Gasteiger partial charge in [-0.25, -0.2) is 0 Å². The number of rotatable bonds is 11. The maximum atomic E-state index is 5.98. The second-order valence-electron chi connectivity index (χ2n) is 5.81. The molecule has 1 saturated heterocycles. The summed E-state index contributed by atoms with van der Waals surface area (Å²) in [5, 5.41) is 0. The Bertz CT molecular complexity index is 205. The Labute approximate surface area is 119 Å². The lowest BCUT2D eigenvalue weighted by molar-refractivity contribution is 0.0582. The van der Waals surface area contributed by atoms with E-state index in [-0.39, 0.29) is 0 Å². The highest BCUT2D eigenvalue weighted by atomic mass is 16.5. The van der Waals surface area contributed by atoms with Crippen molar-refractivity contribution in [1.29, 1.82) is 0 Å². The van der Waals surface area contributed by atoms with Crippen LogP contribution in [0.4, 0.5) is 0 Å². The molecular formula is C16H34N2O. The van der Waals surface area contributed by atoms with Gasteiger partial charge in [0.25, 0.3) is 0 Å². The van der Waals surface area contributed by atoms with Crippen molar-refractivity contribution < 1.29 is 4.74 Å². The van der Waals surface area contributed by atoms with Gasteiger partial charge in [0.05, 0.1) is 6.10 Å². The summed E-state index contributed by atoms with van der Waals surface area (Å²) in [6, 6.07) is 0.552. The van der Waals surface area contributed by atoms with Crippen LogP contribution in [0.2, 0.25) is 0 Å². The zero-order valence-electron chi connectivity index (χ0n) is 13.1. The van der Waals surface area contributed by atoms with Crippen molar-refractivity contribution in [3.8, 4) is 0 Å². The van der Waals surface area contributed by atoms with Crippen LogP contribution in [-0.2, 0) is 4.74 Å². The topological polar surface area (TPSA) is 38.5 Å². The summed E-state index contributed by atoms with van der Waals surface area (Å²) in [4.78, 5) is 2.54. The maximum Gasteiger partial charge on any atom is 0.0702 e. The highest BCUT2D eigenvalue weighted by molar-refractivity contribution is 4.77. The monoisotopic (exact) mass is 270 g/mol. The standard InChI is InChI=1S/C16H34N2O/c1-3-5-6-7-8-10-15(13-17)18(4-2)14-16-11-9-12-19-16/h15-16H,3-14,17H2,1-2H3. The first-order valence-corrected chi connectivity index (χ1v) is 8.37. The Hall–Kier alpha value is -0.120. The van der Waals surface area contributed by atoms with Crippen molar-refractivity contribution in [2.75, 3.05) is 26.2 Å². The lowest BCUT2D eigenvalue weighted by Gasteiger charge is -2.31. The van der Waals surface area contributed by atoms with Crippen LogP contribution < -0.4 is 5.73 Å². The van der Waals surface area contributed by atoms with Crippen molar-refractivity contribution in [3.05, 3.63) is 0 Å². The SMILES string of the molecule is CCCCCCCC(CN)N(CC)CC1CCCO1. The molecule has 1 aliphatic heterocycles. The van der Waals surface area contributed by atoms with Gasteiger partial charge in [0.15, 0.2) is 0 Å². The first-order valence-electron chi connectivity index (χ1n) is 8.37. The first kappa shape index (κ1) is 16.9. The number of hydrogen-bond donors (Lipinski definition) is 1. The van der Waals surface area contributed by atoms with E-state index in [9.17, 15) is 0 Å². The molecule has 0 spiro atoms. The molecule has 114 valence electrons. The van der Waals surface area contributed by atoms with Crippen LogP contribution in [0.3, 0.4) is 0 Å². The highest BCUT2D eigenvalue weighted by Crippen LogP contribution is 2.17. The summed E-state index contributed by atoms with van der Waals surface area (Å²) in [6.45, 7) is 8.42. The molecule has 0 aliphatic carbocycles. The molecule has 3 nitrogen and oxygen atoms in total. The summed E-state index contributed by atoms with van der Waals surface area (Å²) >= 11 is 0. The van der Waals surface area contributed by atoms with Crippen LogP contribution in [0.5, 0.6) is 0 Å². The quantitative estimate of drug-likeness (QED) is 0.586. The van der Waals surface area contributed by atoms with Gasteiger partial charge >= 0.3 is 0 Å². The molecule has 0 saturated carbocycles. The molecule has 2 N–H and O–H groups in total. The molecule has 0 aromatic heterocycles. The lowest BCUT2D eigenvalue weighted by Crippen LogP contribution is -2.44. The average molecular weight is 270 g/mol. The average Bonchev–Trinajstić information content (AvgIpc) is 2.94. The molecule has 2 atom stereocenters. The third-order valence-corrected chi connectivity index (χ3v) is 4.30. The van der Waals surface area contributed by atoms with E-state index in [1.165, 1.54) is 51.4 Å². The summed E-state index contributed by atoms with van der Waals surface area (Å²) in [7, 11) is 0. The lowest BCUT2D eigenvalue weighted by atomic mass is 10.0. The van der Waals surface area contributed by atoms with Gasteiger partial charge in [0.2, 0.25) is 0 Å². The van der Waals surface area contributed by atoms with E-state index in [1.54, 1.807) is 0 Å². The van der Waals surface area contributed by atoms with Crippen LogP contribution in [-0.4, -0.2) is 43.3 Å². The van der Waals surface area contributed by atoms with Crippen molar-refractivity contribution in [3.63, 3.8) is 0 Å². The van der Waals surface area contributed by atoms with Crippen LogP contribution in [0.15, 0.2) is 0 Å². The Kier molecular flexibility index (Phi) is 9.48. The van der Waals surface area contributed by atoms with E-state index in [2.05, 4.69) is 18.7 Å². The second-order valence-corrected chi connectivity index (χ2v) is 5.81. The summed E-state index contributed by atoms with van der Waals surface area (Å²) in [6.07, 6.45) is 10.9. The molecule has 0 bridgehead atoms. The smallest absolute Gasteiger partial charge is 0.0702 e. The van der Waals surface area contributed by atoms with Crippen molar-refractivity contribution in [2.24, 2.45) is 5.73 Å². The summed E-state index contributed by atoms with van der Waals surface area (Å²) in [5.74, 6) is 0. The first-order chi connectivity index (χ1) is 9.31. The number of hydrogen-bond acceptors (Lipinski definition) is 3. The molecule has 19 heavy (non-hydrogen) atoms. The number of likely N-dealkylation sites (N-methyl/N-ethyl adjacent to an activating group) is 1.